The van der Waals surface area contributed by atoms with E-state index in [1.165, 1.54) is 0 Å². The second-order valence-corrected chi connectivity index (χ2v) is 7.71. The summed E-state index contributed by atoms with van der Waals surface area (Å²) in [6, 6.07) is 22.3. The normalized spacial score (nSPS) is 10.9. The van der Waals surface area contributed by atoms with Crippen LogP contribution >= 0.6 is 0 Å². The van der Waals surface area contributed by atoms with Crippen molar-refractivity contribution < 1.29 is 14.2 Å². The van der Waals surface area contributed by atoms with Crippen LogP contribution in [0.15, 0.2) is 90.0 Å². The molecule has 4 aromatic rings. The molecule has 0 N–H and O–H groups in total. The van der Waals surface area contributed by atoms with E-state index < -0.39 is 0 Å². The monoisotopic (exact) mass is 445 g/mol. The third kappa shape index (κ3) is 5.27. The Hall–Kier alpha value is -3.97. The molecule has 0 saturated heterocycles. The maximum Gasteiger partial charge on any atom is 0.337 e. The second-order valence-electron chi connectivity index (χ2n) is 7.71. The maximum absolute atomic E-state index is 13.0. The van der Waals surface area contributed by atoms with Crippen molar-refractivity contribution in [2.75, 3.05) is 34.4 Å². The number of ether oxygens (including phenoxy) is 3. The largest absolute Gasteiger partial charge is 0.493 e. The molecule has 4 rings (SSSR count). The van der Waals surface area contributed by atoms with E-state index in [2.05, 4.69) is 4.90 Å². The number of aromatic nitrogens is 2. The molecule has 0 amide bonds. The van der Waals surface area contributed by atoms with Gasteiger partial charge in [0.05, 0.1) is 18.5 Å². The lowest BCUT2D eigenvalue weighted by atomic mass is 10.3. The fourth-order valence-electron chi connectivity index (χ4n) is 3.32. The molecule has 0 aliphatic carbocycles. The first-order chi connectivity index (χ1) is 16.0. The zero-order valence-corrected chi connectivity index (χ0v) is 19.0. The fourth-order valence-corrected chi connectivity index (χ4v) is 3.32. The third-order valence-corrected chi connectivity index (χ3v) is 5.11. The predicted octanol–water partition coefficient (Wildman–Crippen LogP) is 4.37. The van der Waals surface area contributed by atoms with Crippen LogP contribution < -0.4 is 19.9 Å². The van der Waals surface area contributed by atoms with Crippen molar-refractivity contribution in [1.29, 1.82) is 0 Å². The predicted molar refractivity (Wildman–Crippen MR) is 128 cm³/mol. The first-order valence-corrected chi connectivity index (χ1v) is 10.6. The van der Waals surface area contributed by atoms with Crippen LogP contribution in [0.3, 0.4) is 0 Å². The van der Waals surface area contributed by atoms with Gasteiger partial charge in [-0.05, 0) is 74.8 Å². The summed E-state index contributed by atoms with van der Waals surface area (Å²) in [7, 11) is 5.61. The molecule has 0 bridgehead atoms. The Labute approximate surface area is 193 Å². The SMILES string of the molecule is COc1ccccc1Oc1ccc(-n2ccn(-c3ccc(OCCN(C)C)cc3)c2=O)cc1. The maximum atomic E-state index is 13.0. The number of imidazole rings is 1. The molecule has 0 unspecified atom stereocenters. The molecule has 0 aliphatic heterocycles. The molecule has 1 heterocycles. The van der Waals surface area contributed by atoms with E-state index in [0.29, 0.717) is 23.9 Å². The molecule has 33 heavy (non-hydrogen) atoms. The van der Waals surface area contributed by atoms with Crippen molar-refractivity contribution in [3.05, 3.63) is 95.7 Å². The molecule has 0 saturated carbocycles. The molecule has 7 nitrogen and oxygen atoms in total. The number of rotatable bonds is 9. The van der Waals surface area contributed by atoms with E-state index in [-0.39, 0.29) is 5.69 Å². The molecule has 170 valence electrons. The van der Waals surface area contributed by atoms with Gasteiger partial charge < -0.3 is 19.1 Å². The van der Waals surface area contributed by atoms with E-state index >= 15 is 0 Å². The standard InChI is InChI=1S/C26H27N3O4/c1-27(2)18-19-32-22-12-8-20(9-13-22)28-16-17-29(26(28)30)21-10-14-23(15-11-21)33-25-7-5-4-6-24(25)31-3/h4-17H,18-19H2,1-3H3. The topological polar surface area (TPSA) is 57.9 Å². The second kappa shape index (κ2) is 10.1. The van der Waals surface area contributed by atoms with Crippen LogP contribution in [0.5, 0.6) is 23.0 Å². The number of hydrogen-bond acceptors (Lipinski definition) is 5. The number of benzene rings is 3. The Morgan fingerprint density at radius 1 is 0.758 bits per heavy atom. The van der Waals surface area contributed by atoms with Gasteiger partial charge in [0.15, 0.2) is 11.5 Å². The summed E-state index contributed by atoms with van der Waals surface area (Å²) in [6.07, 6.45) is 3.50. The van der Waals surface area contributed by atoms with Gasteiger partial charge in [0.2, 0.25) is 0 Å². The van der Waals surface area contributed by atoms with Crippen molar-refractivity contribution in [2.24, 2.45) is 0 Å². The number of para-hydroxylation sites is 2. The molecule has 0 atom stereocenters. The highest BCUT2D eigenvalue weighted by molar-refractivity contribution is 5.45. The van der Waals surface area contributed by atoms with E-state index in [1.807, 2.05) is 86.9 Å². The molecule has 1 aromatic heterocycles. The van der Waals surface area contributed by atoms with Crippen molar-refractivity contribution in [3.63, 3.8) is 0 Å². The molecule has 0 aliphatic rings. The minimum absolute atomic E-state index is 0.158. The van der Waals surface area contributed by atoms with Crippen LogP contribution in [0.4, 0.5) is 0 Å². The van der Waals surface area contributed by atoms with E-state index in [0.717, 1.165) is 23.7 Å². The van der Waals surface area contributed by atoms with Crippen LogP contribution in [0.25, 0.3) is 11.4 Å². The first-order valence-electron chi connectivity index (χ1n) is 10.6. The summed E-state index contributed by atoms with van der Waals surface area (Å²) in [5, 5.41) is 0. The summed E-state index contributed by atoms with van der Waals surface area (Å²) in [6.45, 7) is 1.45. The minimum atomic E-state index is -0.158. The van der Waals surface area contributed by atoms with Crippen LogP contribution in [-0.4, -0.2) is 48.4 Å². The van der Waals surface area contributed by atoms with Crippen LogP contribution in [0.2, 0.25) is 0 Å². The Balaban J connectivity index is 1.48. The molecular formula is C26H27N3O4. The number of hydrogen-bond donors (Lipinski definition) is 0. The van der Waals surface area contributed by atoms with Gasteiger partial charge in [-0.1, -0.05) is 12.1 Å². The van der Waals surface area contributed by atoms with Gasteiger partial charge in [0.1, 0.15) is 18.1 Å². The minimum Gasteiger partial charge on any atom is -0.493 e. The zero-order valence-electron chi connectivity index (χ0n) is 19.0. The Kier molecular flexibility index (Phi) is 6.80. The lowest BCUT2D eigenvalue weighted by Gasteiger charge is -2.11. The number of likely N-dealkylation sites (N-methyl/N-ethyl adjacent to an activating group) is 1. The van der Waals surface area contributed by atoms with Crippen LogP contribution in [0, 0.1) is 0 Å². The van der Waals surface area contributed by atoms with Gasteiger partial charge in [-0.2, -0.15) is 0 Å². The highest BCUT2D eigenvalue weighted by atomic mass is 16.5. The summed E-state index contributed by atoms with van der Waals surface area (Å²) >= 11 is 0. The smallest absolute Gasteiger partial charge is 0.337 e. The van der Waals surface area contributed by atoms with Gasteiger partial charge in [0.25, 0.3) is 0 Å². The lowest BCUT2D eigenvalue weighted by molar-refractivity contribution is 0.261. The summed E-state index contributed by atoms with van der Waals surface area (Å²) in [4.78, 5) is 15.1. The van der Waals surface area contributed by atoms with Crippen molar-refractivity contribution in [1.82, 2.24) is 14.0 Å². The molecular weight excluding hydrogens is 418 g/mol. The van der Waals surface area contributed by atoms with Gasteiger partial charge >= 0.3 is 5.69 Å². The Morgan fingerprint density at radius 2 is 1.30 bits per heavy atom. The highest BCUT2D eigenvalue weighted by Crippen LogP contribution is 2.31. The summed E-state index contributed by atoms with van der Waals surface area (Å²) in [5.74, 6) is 2.72. The van der Waals surface area contributed by atoms with Crippen molar-refractivity contribution in [2.45, 2.75) is 0 Å². The number of methoxy groups -OCH3 is 1. The molecule has 7 heteroatoms. The average Bonchev–Trinajstić information content (AvgIpc) is 3.21. The van der Waals surface area contributed by atoms with Crippen LogP contribution in [0.1, 0.15) is 0 Å². The molecule has 0 spiro atoms. The fraction of sp³-hybridized carbons (Fsp3) is 0.192. The summed E-state index contributed by atoms with van der Waals surface area (Å²) in [5.41, 5.74) is 1.36. The van der Waals surface area contributed by atoms with Crippen molar-refractivity contribution >= 4 is 0 Å². The van der Waals surface area contributed by atoms with E-state index in [1.54, 1.807) is 28.6 Å². The van der Waals surface area contributed by atoms with Crippen LogP contribution in [-0.2, 0) is 0 Å². The number of nitrogens with zero attached hydrogens (tertiary/aromatic N) is 3. The third-order valence-electron chi connectivity index (χ3n) is 5.11. The van der Waals surface area contributed by atoms with Gasteiger partial charge in [-0.3, -0.25) is 9.13 Å². The van der Waals surface area contributed by atoms with E-state index in [4.69, 9.17) is 14.2 Å². The Morgan fingerprint density at radius 3 is 1.85 bits per heavy atom. The van der Waals surface area contributed by atoms with Gasteiger partial charge in [-0.15, -0.1) is 0 Å². The average molecular weight is 446 g/mol. The molecule has 3 aromatic carbocycles. The van der Waals surface area contributed by atoms with Crippen molar-refractivity contribution in [3.8, 4) is 34.4 Å². The van der Waals surface area contributed by atoms with Gasteiger partial charge in [-0.25, -0.2) is 4.79 Å². The summed E-state index contributed by atoms with van der Waals surface area (Å²) < 4.78 is 20.2. The molecule has 0 fully saturated rings. The Bertz CT molecular complexity index is 1240. The zero-order chi connectivity index (χ0) is 23.2. The van der Waals surface area contributed by atoms with E-state index in [9.17, 15) is 4.79 Å². The first kappa shape index (κ1) is 22.2. The quantitative estimate of drug-likeness (QED) is 0.383. The highest BCUT2D eigenvalue weighted by Gasteiger charge is 2.09. The van der Waals surface area contributed by atoms with Gasteiger partial charge in [0, 0.05) is 18.9 Å². The molecule has 0 radical (unpaired) electrons. The lowest BCUT2D eigenvalue weighted by Crippen LogP contribution is -2.21.